The Morgan fingerprint density at radius 2 is 2.20 bits per heavy atom. The van der Waals surface area contributed by atoms with Crippen molar-refractivity contribution in [1.82, 2.24) is 10.2 Å². The van der Waals surface area contributed by atoms with E-state index in [2.05, 4.69) is 5.32 Å². The second kappa shape index (κ2) is 8.41. The van der Waals surface area contributed by atoms with Crippen molar-refractivity contribution >= 4 is 17.5 Å². The molecule has 1 amide bonds. The van der Waals surface area contributed by atoms with Gasteiger partial charge in [0.25, 0.3) is 0 Å². The number of benzene rings is 1. The van der Waals surface area contributed by atoms with Crippen LogP contribution in [0.4, 0.5) is 0 Å². The lowest BCUT2D eigenvalue weighted by Gasteiger charge is -2.15. The summed E-state index contributed by atoms with van der Waals surface area (Å²) in [6.45, 7) is 3.26. The molecule has 0 atom stereocenters. The minimum atomic E-state index is 0.286. The molecule has 0 unspecified atom stereocenters. The average molecular weight is 363 g/mol. The summed E-state index contributed by atoms with van der Waals surface area (Å²) in [4.78, 5) is 13.5. The molecule has 134 valence electrons. The molecule has 1 aromatic carbocycles. The van der Waals surface area contributed by atoms with Crippen LogP contribution in [0.2, 0.25) is 5.02 Å². The van der Waals surface area contributed by atoms with Crippen LogP contribution in [0, 0.1) is 0 Å². The Morgan fingerprint density at radius 1 is 1.32 bits per heavy atom. The summed E-state index contributed by atoms with van der Waals surface area (Å²) >= 11 is 6.16. The van der Waals surface area contributed by atoms with Crippen LogP contribution in [-0.2, 0) is 11.3 Å². The summed E-state index contributed by atoms with van der Waals surface area (Å²) in [5.41, 5.74) is 0.921. The molecular formula is C19H23ClN2O3. The van der Waals surface area contributed by atoms with Gasteiger partial charge in [0, 0.05) is 25.1 Å². The van der Waals surface area contributed by atoms with E-state index in [0.29, 0.717) is 23.7 Å². The number of carbonyl (C=O) groups excluding carboxylic acids is 1. The molecule has 5 nitrogen and oxygen atoms in total. The van der Waals surface area contributed by atoms with E-state index in [1.807, 2.05) is 35.2 Å². The molecule has 2 aromatic rings. The smallest absolute Gasteiger partial charge is 0.222 e. The first-order chi connectivity index (χ1) is 12.2. The third kappa shape index (κ3) is 4.55. The summed E-state index contributed by atoms with van der Waals surface area (Å²) in [6.07, 6.45) is 2.65. The number of nitrogens with zero attached hydrogens (tertiary/aromatic N) is 1. The standard InChI is InChI=1S/C19H23ClN2O3/c1-24-18-7-5-14(12-16(18)20)17-8-6-15(25-17)13-21-9-3-11-22-10-2-4-19(22)23/h5-8,12,21H,2-4,9-11,13H2,1H3. The van der Waals surface area contributed by atoms with E-state index in [1.54, 1.807) is 7.11 Å². The van der Waals surface area contributed by atoms with Crippen LogP contribution < -0.4 is 10.1 Å². The highest BCUT2D eigenvalue weighted by atomic mass is 35.5. The fraction of sp³-hybridized carbons (Fsp3) is 0.421. The number of methoxy groups -OCH3 is 1. The van der Waals surface area contributed by atoms with Gasteiger partial charge in [-0.25, -0.2) is 0 Å². The first kappa shape index (κ1) is 17.8. The van der Waals surface area contributed by atoms with Crippen LogP contribution in [0.15, 0.2) is 34.7 Å². The SMILES string of the molecule is COc1ccc(-c2ccc(CNCCCN3CCCC3=O)o2)cc1Cl. The number of furan rings is 1. The molecule has 1 aromatic heterocycles. The lowest BCUT2D eigenvalue weighted by Crippen LogP contribution is -2.28. The van der Waals surface area contributed by atoms with E-state index in [-0.39, 0.29) is 5.91 Å². The highest BCUT2D eigenvalue weighted by Crippen LogP contribution is 2.31. The minimum absolute atomic E-state index is 0.286. The maximum absolute atomic E-state index is 11.5. The van der Waals surface area contributed by atoms with Crippen molar-refractivity contribution < 1.29 is 13.9 Å². The molecule has 3 rings (SSSR count). The van der Waals surface area contributed by atoms with E-state index in [1.165, 1.54) is 0 Å². The van der Waals surface area contributed by atoms with Crippen molar-refractivity contribution in [2.75, 3.05) is 26.7 Å². The van der Waals surface area contributed by atoms with Crippen LogP contribution in [-0.4, -0.2) is 37.6 Å². The van der Waals surface area contributed by atoms with Crippen molar-refractivity contribution in [3.63, 3.8) is 0 Å². The fourth-order valence-corrected chi connectivity index (χ4v) is 3.25. The Balaban J connectivity index is 1.45. The number of carbonyl (C=O) groups is 1. The number of nitrogens with one attached hydrogen (secondary N) is 1. The Labute approximate surface area is 152 Å². The van der Waals surface area contributed by atoms with Gasteiger partial charge in [-0.1, -0.05) is 11.6 Å². The molecule has 0 spiro atoms. The maximum Gasteiger partial charge on any atom is 0.222 e. The molecule has 6 heteroatoms. The highest BCUT2D eigenvalue weighted by molar-refractivity contribution is 6.32. The largest absolute Gasteiger partial charge is 0.495 e. The fourth-order valence-electron chi connectivity index (χ4n) is 2.99. The van der Waals surface area contributed by atoms with Gasteiger partial charge >= 0.3 is 0 Å². The topological polar surface area (TPSA) is 54.7 Å². The van der Waals surface area contributed by atoms with Gasteiger partial charge in [0.15, 0.2) is 0 Å². The van der Waals surface area contributed by atoms with Crippen molar-refractivity contribution in [3.05, 3.63) is 41.1 Å². The third-order valence-electron chi connectivity index (χ3n) is 4.35. The van der Waals surface area contributed by atoms with E-state index in [9.17, 15) is 4.79 Å². The van der Waals surface area contributed by atoms with E-state index >= 15 is 0 Å². The maximum atomic E-state index is 11.5. The van der Waals surface area contributed by atoms with Crippen molar-refractivity contribution in [2.45, 2.75) is 25.8 Å². The van der Waals surface area contributed by atoms with E-state index < -0.39 is 0 Å². The Morgan fingerprint density at radius 3 is 2.92 bits per heavy atom. The zero-order valence-electron chi connectivity index (χ0n) is 14.4. The first-order valence-electron chi connectivity index (χ1n) is 8.58. The average Bonchev–Trinajstić information content (AvgIpc) is 3.24. The molecule has 0 aliphatic carbocycles. The number of hydrogen-bond acceptors (Lipinski definition) is 4. The van der Waals surface area contributed by atoms with Crippen molar-refractivity contribution in [2.24, 2.45) is 0 Å². The van der Waals surface area contributed by atoms with Gasteiger partial charge in [-0.3, -0.25) is 4.79 Å². The normalized spacial score (nSPS) is 14.3. The van der Waals surface area contributed by atoms with Gasteiger partial charge < -0.3 is 19.4 Å². The number of likely N-dealkylation sites (tertiary alicyclic amines) is 1. The number of halogens is 1. The molecule has 25 heavy (non-hydrogen) atoms. The lowest BCUT2D eigenvalue weighted by atomic mass is 10.2. The van der Waals surface area contributed by atoms with Crippen LogP contribution in [0.3, 0.4) is 0 Å². The van der Waals surface area contributed by atoms with Crippen LogP contribution in [0.25, 0.3) is 11.3 Å². The Hall–Kier alpha value is -1.98. The second-order valence-corrected chi connectivity index (χ2v) is 6.54. The Bertz CT molecular complexity index is 729. The molecule has 1 aliphatic heterocycles. The van der Waals surface area contributed by atoms with Gasteiger partial charge in [0.1, 0.15) is 17.3 Å². The van der Waals surface area contributed by atoms with Crippen LogP contribution in [0.5, 0.6) is 5.75 Å². The molecule has 1 N–H and O–H groups in total. The third-order valence-corrected chi connectivity index (χ3v) is 4.65. The minimum Gasteiger partial charge on any atom is -0.495 e. The van der Waals surface area contributed by atoms with E-state index in [0.717, 1.165) is 49.6 Å². The summed E-state index contributed by atoms with van der Waals surface area (Å²) < 4.78 is 11.0. The molecule has 1 fully saturated rings. The van der Waals surface area contributed by atoms with Crippen LogP contribution in [0.1, 0.15) is 25.0 Å². The summed E-state index contributed by atoms with van der Waals surface area (Å²) in [5.74, 6) is 2.59. The summed E-state index contributed by atoms with van der Waals surface area (Å²) in [5, 5.41) is 3.92. The van der Waals surface area contributed by atoms with Crippen molar-refractivity contribution in [3.8, 4) is 17.1 Å². The molecule has 0 radical (unpaired) electrons. The second-order valence-electron chi connectivity index (χ2n) is 6.13. The zero-order valence-corrected chi connectivity index (χ0v) is 15.1. The van der Waals surface area contributed by atoms with Crippen molar-refractivity contribution in [1.29, 1.82) is 0 Å². The van der Waals surface area contributed by atoms with Crippen LogP contribution >= 0.6 is 11.6 Å². The Kier molecular flexibility index (Phi) is 6.00. The molecular weight excluding hydrogens is 340 g/mol. The predicted octanol–water partition coefficient (Wildman–Crippen LogP) is 3.71. The van der Waals surface area contributed by atoms with Gasteiger partial charge in [-0.05, 0) is 49.7 Å². The van der Waals surface area contributed by atoms with E-state index in [4.69, 9.17) is 20.8 Å². The molecule has 2 heterocycles. The summed E-state index contributed by atoms with van der Waals surface area (Å²) in [6, 6.07) is 9.50. The number of amides is 1. The molecule has 1 saturated heterocycles. The molecule has 0 bridgehead atoms. The van der Waals surface area contributed by atoms with Gasteiger partial charge in [0.05, 0.1) is 18.7 Å². The highest BCUT2D eigenvalue weighted by Gasteiger charge is 2.18. The van der Waals surface area contributed by atoms with Gasteiger partial charge in [-0.15, -0.1) is 0 Å². The lowest BCUT2D eigenvalue weighted by molar-refractivity contribution is -0.127. The molecule has 1 aliphatic rings. The monoisotopic (exact) mass is 362 g/mol. The quantitative estimate of drug-likeness (QED) is 0.727. The number of ether oxygens (including phenoxy) is 1. The molecule has 0 saturated carbocycles. The van der Waals surface area contributed by atoms with Gasteiger partial charge in [-0.2, -0.15) is 0 Å². The van der Waals surface area contributed by atoms with Gasteiger partial charge in [0.2, 0.25) is 5.91 Å². The zero-order chi connectivity index (χ0) is 17.6. The number of hydrogen-bond donors (Lipinski definition) is 1. The predicted molar refractivity (Wildman–Crippen MR) is 97.8 cm³/mol. The number of rotatable bonds is 8. The first-order valence-corrected chi connectivity index (χ1v) is 8.96. The summed E-state index contributed by atoms with van der Waals surface area (Å²) in [7, 11) is 1.59.